The lowest BCUT2D eigenvalue weighted by molar-refractivity contribution is 0.102. The van der Waals surface area contributed by atoms with Crippen LogP contribution in [0.3, 0.4) is 0 Å². The molecule has 1 amide bonds. The number of rotatable bonds is 4. The SMILES string of the molecule is Cn1cc(Cl)c(C(=O)Nc2ncn(Cc3ccccc3F)n2)n1. The summed E-state index contributed by atoms with van der Waals surface area (Å²) in [6.45, 7) is 0.208. The molecule has 2 aromatic heterocycles. The normalized spacial score (nSPS) is 10.7. The molecule has 9 heteroatoms. The summed E-state index contributed by atoms with van der Waals surface area (Å²) in [4.78, 5) is 16.0. The minimum Gasteiger partial charge on any atom is -0.288 e. The van der Waals surface area contributed by atoms with E-state index in [9.17, 15) is 9.18 Å². The van der Waals surface area contributed by atoms with Crippen LogP contribution in [0.15, 0.2) is 36.8 Å². The van der Waals surface area contributed by atoms with Crippen LogP contribution in [-0.4, -0.2) is 30.5 Å². The van der Waals surface area contributed by atoms with Gasteiger partial charge in [0.15, 0.2) is 5.69 Å². The highest BCUT2D eigenvalue weighted by Gasteiger charge is 2.16. The van der Waals surface area contributed by atoms with E-state index in [0.717, 1.165) is 0 Å². The van der Waals surface area contributed by atoms with Crippen LogP contribution >= 0.6 is 11.6 Å². The van der Waals surface area contributed by atoms with E-state index in [4.69, 9.17) is 11.6 Å². The van der Waals surface area contributed by atoms with Gasteiger partial charge < -0.3 is 0 Å². The molecule has 0 saturated heterocycles. The Kier molecular flexibility index (Phi) is 4.07. The van der Waals surface area contributed by atoms with Gasteiger partial charge in [-0.05, 0) is 6.07 Å². The maximum Gasteiger partial charge on any atom is 0.280 e. The summed E-state index contributed by atoms with van der Waals surface area (Å²) in [6, 6.07) is 6.38. The molecule has 118 valence electrons. The van der Waals surface area contributed by atoms with Crippen molar-refractivity contribution in [3.8, 4) is 0 Å². The van der Waals surface area contributed by atoms with Crippen molar-refractivity contribution in [3.63, 3.8) is 0 Å². The molecule has 0 unspecified atom stereocenters. The molecule has 3 aromatic rings. The highest BCUT2D eigenvalue weighted by molar-refractivity contribution is 6.34. The average Bonchev–Trinajstić information content (AvgIpc) is 3.07. The molecule has 7 nitrogen and oxygen atoms in total. The van der Waals surface area contributed by atoms with Gasteiger partial charge in [0.25, 0.3) is 5.91 Å². The Hall–Kier alpha value is -2.74. The smallest absolute Gasteiger partial charge is 0.280 e. The predicted octanol–water partition coefficient (Wildman–Crippen LogP) is 2.10. The molecule has 0 bridgehead atoms. The van der Waals surface area contributed by atoms with Crippen molar-refractivity contribution in [2.75, 3.05) is 5.32 Å². The highest BCUT2D eigenvalue weighted by atomic mass is 35.5. The summed E-state index contributed by atoms with van der Waals surface area (Å²) in [5.41, 5.74) is 0.558. The van der Waals surface area contributed by atoms with Crippen LogP contribution in [0.2, 0.25) is 5.02 Å². The van der Waals surface area contributed by atoms with E-state index in [2.05, 4.69) is 20.5 Å². The molecule has 0 radical (unpaired) electrons. The topological polar surface area (TPSA) is 77.6 Å². The second-order valence-electron chi connectivity index (χ2n) is 4.81. The number of carbonyl (C=O) groups excluding carboxylic acids is 1. The quantitative estimate of drug-likeness (QED) is 0.792. The molecule has 1 aromatic carbocycles. The number of benzene rings is 1. The maximum atomic E-state index is 13.6. The second-order valence-corrected chi connectivity index (χ2v) is 5.22. The Balaban J connectivity index is 1.71. The fourth-order valence-corrected chi connectivity index (χ4v) is 2.27. The van der Waals surface area contributed by atoms with E-state index in [1.165, 1.54) is 28.0 Å². The van der Waals surface area contributed by atoms with Crippen molar-refractivity contribution in [1.82, 2.24) is 24.5 Å². The number of hydrogen-bond donors (Lipinski definition) is 1. The summed E-state index contributed by atoms with van der Waals surface area (Å²) in [7, 11) is 1.66. The van der Waals surface area contributed by atoms with Gasteiger partial charge in [-0.25, -0.2) is 14.1 Å². The highest BCUT2D eigenvalue weighted by Crippen LogP contribution is 2.14. The van der Waals surface area contributed by atoms with Crippen molar-refractivity contribution < 1.29 is 9.18 Å². The minimum absolute atomic E-state index is 0.0830. The van der Waals surface area contributed by atoms with Gasteiger partial charge >= 0.3 is 0 Å². The fraction of sp³-hybridized carbons (Fsp3) is 0.143. The number of amides is 1. The van der Waals surface area contributed by atoms with Crippen LogP contribution in [0.1, 0.15) is 16.1 Å². The molecule has 0 fully saturated rings. The van der Waals surface area contributed by atoms with Crippen molar-refractivity contribution in [2.24, 2.45) is 7.05 Å². The van der Waals surface area contributed by atoms with Gasteiger partial charge in [-0.3, -0.25) is 14.8 Å². The van der Waals surface area contributed by atoms with E-state index in [1.54, 1.807) is 25.2 Å². The van der Waals surface area contributed by atoms with E-state index in [-0.39, 0.29) is 29.0 Å². The lowest BCUT2D eigenvalue weighted by Gasteiger charge is -2.02. The Bertz CT molecular complexity index is 859. The zero-order valence-corrected chi connectivity index (χ0v) is 12.8. The molecule has 0 atom stereocenters. The Labute approximate surface area is 135 Å². The van der Waals surface area contributed by atoms with Crippen LogP contribution in [-0.2, 0) is 13.6 Å². The summed E-state index contributed by atoms with van der Waals surface area (Å²) in [5, 5.41) is 10.8. The molecule has 0 aliphatic heterocycles. The maximum absolute atomic E-state index is 13.6. The molecule has 0 spiro atoms. The summed E-state index contributed by atoms with van der Waals surface area (Å²) >= 11 is 5.90. The zero-order valence-electron chi connectivity index (χ0n) is 12.1. The van der Waals surface area contributed by atoms with Gasteiger partial charge in [-0.2, -0.15) is 5.10 Å². The zero-order chi connectivity index (χ0) is 16.4. The number of nitrogens with zero attached hydrogens (tertiary/aromatic N) is 5. The first kappa shape index (κ1) is 15.2. The van der Waals surface area contributed by atoms with Crippen molar-refractivity contribution in [1.29, 1.82) is 0 Å². The molecule has 23 heavy (non-hydrogen) atoms. The van der Waals surface area contributed by atoms with E-state index >= 15 is 0 Å². The van der Waals surface area contributed by atoms with Crippen LogP contribution in [0, 0.1) is 5.82 Å². The van der Waals surface area contributed by atoms with Crippen molar-refractivity contribution >= 4 is 23.5 Å². The number of aromatic nitrogens is 5. The number of nitrogens with one attached hydrogen (secondary N) is 1. The van der Waals surface area contributed by atoms with E-state index in [0.29, 0.717) is 5.56 Å². The molecule has 1 N–H and O–H groups in total. The van der Waals surface area contributed by atoms with Crippen LogP contribution in [0.4, 0.5) is 10.3 Å². The van der Waals surface area contributed by atoms with Gasteiger partial charge in [0.05, 0.1) is 11.6 Å². The number of halogens is 2. The van der Waals surface area contributed by atoms with E-state index in [1.807, 2.05) is 0 Å². The van der Waals surface area contributed by atoms with E-state index < -0.39 is 5.91 Å². The Morgan fingerprint density at radius 1 is 1.35 bits per heavy atom. The summed E-state index contributed by atoms with van der Waals surface area (Å²) in [5.74, 6) is -0.749. The van der Waals surface area contributed by atoms with Crippen LogP contribution < -0.4 is 5.32 Å². The molecule has 3 rings (SSSR count). The van der Waals surface area contributed by atoms with Crippen LogP contribution in [0.5, 0.6) is 0 Å². The fourth-order valence-electron chi connectivity index (χ4n) is 2.00. The molecule has 0 aliphatic rings. The number of anilines is 1. The molecular formula is C14H12ClFN6O. The first-order valence-corrected chi connectivity index (χ1v) is 7.04. The first-order chi connectivity index (χ1) is 11.0. The van der Waals surface area contributed by atoms with Gasteiger partial charge in [0.1, 0.15) is 12.1 Å². The largest absolute Gasteiger partial charge is 0.288 e. The standard InChI is InChI=1S/C14H12ClFN6O/c1-21-7-10(15)12(19-21)13(23)18-14-17-8-22(20-14)6-9-4-2-3-5-11(9)16/h2-5,7-8H,6H2,1H3,(H,18,20,23). The van der Waals surface area contributed by atoms with Gasteiger partial charge in [0, 0.05) is 18.8 Å². The molecular weight excluding hydrogens is 323 g/mol. The van der Waals surface area contributed by atoms with Crippen molar-refractivity contribution in [3.05, 3.63) is 58.9 Å². The lowest BCUT2D eigenvalue weighted by atomic mass is 10.2. The third kappa shape index (κ3) is 3.37. The molecule has 0 saturated carbocycles. The summed E-state index contributed by atoms with van der Waals surface area (Å²) < 4.78 is 16.5. The van der Waals surface area contributed by atoms with Gasteiger partial charge in [0.2, 0.25) is 5.95 Å². The number of hydrogen-bond acceptors (Lipinski definition) is 4. The minimum atomic E-state index is -0.515. The third-order valence-corrected chi connectivity index (χ3v) is 3.33. The average molecular weight is 335 g/mol. The summed E-state index contributed by atoms with van der Waals surface area (Å²) in [6.07, 6.45) is 2.92. The lowest BCUT2D eigenvalue weighted by Crippen LogP contribution is -2.15. The van der Waals surface area contributed by atoms with Crippen molar-refractivity contribution in [2.45, 2.75) is 6.54 Å². The predicted molar refractivity (Wildman–Crippen MR) is 81.7 cm³/mol. The first-order valence-electron chi connectivity index (χ1n) is 6.66. The number of carbonyl (C=O) groups is 1. The Morgan fingerprint density at radius 2 is 2.13 bits per heavy atom. The van der Waals surface area contributed by atoms with Gasteiger partial charge in [-0.1, -0.05) is 29.8 Å². The number of aryl methyl sites for hydroxylation is 1. The second kappa shape index (κ2) is 6.17. The molecule has 0 aliphatic carbocycles. The third-order valence-electron chi connectivity index (χ3n) is 3.05. The molecule has 2 heterocycles. The van der Waals surface area contributed by atoms with Crippen LogP contribution in [0.25, 0.3) is 0 Å². The monoisotopic (exact) mass is 334 g/mol. The van der Waals surface area contributed by atoms with Gasteiger partial charge in [-0.15, -0.1) is 5.10 Å². The Morgan fingerprint density at radius 3 is 2.83 bits per heavy atom.